The molecule has 0 spiro atoms. The van der Waals surface area contributed by atoms with Gasteiger partial charge in [0.25, 0.3) is 5.91 Å². The second-order valence-electron chi connectivity index (χ2n) is 6.98. The van der Waals surface area contributed by atoms with E-state index < -0.39 is 12.1 Å². The Morgan fingerprint density at radius 2 is 1.92 bits per heavy atom. The summed E-state index contributed by atoms with van der Waals surface area (Å²) in [7, 11) is 1.61. The number of esters is 1. The molecular weight excluding hydrogens is 350 g/mol. The van der Waals surface area contributed by atoms with Crippen LogP contribution in [0.25, 0.3) is 0 Å². The quantitative estimate of drug-likeness (QED) is 0.579. The third-order valence-electron chi connectivity index (χ3n) is 5.13. The molecule has 1 aromatic carbocycles. The summed E-state index contributed by atoms with van der Waals surface area (Å²) in [4.78, 5) is 25.3. The standard InChI is InChI=1S/C20H29NO4S/c1-13-6-5-7-18(14(13)2)21-20(23)15(3)25-19(22)12-26-17-10-8-16(24-4)9-11-17/h8-11,13-15,18H,5-7,12H2,1-4H3,(H,21,23)/t13-,14-,15-,18+/m1/s1. The maximum Gasteiger partial charge on any atom is 0.317 e. The number of rotatable bonds is 7. The van der Waals surface area contributed by atoms with E-state index in [0.717, 1.165) is 23.5 Å². The minimum Gasteiger partial charge on any atom is -0.497 e. The van der Waals surface area contributed by atoms with E-state index in [1.807, 2.05) is 24.3 Å². The van der Waals surface area contributed by atoms with Gasteiger partial charge in [-0.2, -0.15) is 0 Å². The number of amides is 1. The van der Waals surface area contributed by atoms with Gasteiger partial charge in [-0.25, -0.2) is 0 Å². The molecule has 0 bridgehead atoms. The first-order chi connectivity index (χ1) is 12.4. The van der Waals surface area contributed by atoms with Crippen LogP contribution in [0.4, 0.5) is 0 Å². The maximum absolute atomic E-state index is 12.3. The summed E-state index contributed by atoms with van der Waals surface area (Å²) in [5.74, 6) is 1.39. The number of benzene rings is 1. The molecule has 1 aliphatic carbocycles. The molecule has 1 aliphatic rings. The molecule has 0 saturated heterocycles. The van der Waals surface area contributed by atoms with Gasteiger partial charge in [0.05, 0.1) is 12.9 Å². The van der Waals surface area contributed by atoms with Crippen LogP contribution in [0.2, 0.25) is 0 Å². The van der Waals surface area contributed by atoms with Crippen molar-refractivity contribution in [2.24, 2.45) is 11.8 Å². The van der Waals surface area contributed by atoms with E-state index in [9.17, 15) is 9.59 Å². The minimum absolute atomic E-state index is 0.167. The zero-order valence-electron chi connectivity index (χ0n) is 16.0. The molecule has 144 valence electrons. The summed E-state index contributed by atoms with van der Waals surface area (Å²) in [6.45, 7) is 6.03. The molecule has 0 aromatic heterocycles. The molecule has 1 fully saturated rings. The van der Waals surface area contributed by atoms with E-state index in [1.165, 1.54) is 18.2 Å². The molecule has 4 atom stereocenters. The highest BCUT2D eigenvalue weighted by Crippen LogP contribution is 2.29. The molecule has 0 unspecified atom stereocenters. The van der Waals surface area contributed by atoms with Crippen molar-refractivity contribution in [3.63, 3.8) is 0 Å². The molecule has 1 saturated carbocycles. The number of carbonyl (C=O) groups excluding carboxylic acids is 2. The molecule has 0 radical (unpaired) electrons. The van der Waals surface area contributed by atoms with Crippen LogP contribution in [0.15, 0.2) is 29.2 Å². The van der Waals surface area contributed by atoms with E-state index in [2.05, 4.69) is 19.2 Å². The fourth-order valence-corrected chi connectivity index (χ4v) is 3.87. The number of carbonyl (C=O) groups is 2. The molecule has 1 N–H and O–H groups in total. The monoisotopic (exact) mass is 379 g/mol. The van der Waals surface area contributed by atoms with Crippen LogP contribution in [0, 0.1) is 11.8 Å². The van der Waals surface area contributed by atoms with Gasteiger partial charge in [-0.1, -0.05) is 26.7 Å². The molecule has 0 aliphatic heterocycles. The van der Waals surface area contributed by atoms with Gasteiger partial charge in [-0.05, 0) is 49.4 Å². The Labute approximate surface area is 160 Å². The Morgan fingerprint density at radius 3 is 2.58 bits per heavy atom. The number of thioether (sulfide) groups is 1. The van der Waals surface area contributed by atoms with Crippen molar-refractivity contribution in [2.45, 2.75) is 57.1 Å². The predicted molar refractivity (Wildman–Crippen MR) is 103 cm³/mol. The zero-order valence-corrected chi connectivity index (χ0v) is 16.8. The smallest absolute Gasteiger partial charge is 0.317 e. The molecule has 26 heavy (non-hydrogen) atoms. The van der Waals surface area contributed by atoms with Gasteiger partial charge in [0.2, 0.25) is 0 Å². The number of methoxy groups -OCH3 is 1. The maximum atomic E-state index is 12.3. The second-order valence-corrected chi connectivity index (χ2v) is 8.03. The lowest BCUT2D eigenvalue weighted by molar-refractivity contribution is -0.152. The van der Waals surface area contributed by atoms with E-state index >= 15 is 0 Å². The molecule has 1 aromatic rings. The van der Waals surface area contributed by atoms with Gasteiger partial charge in [0, 0.05) is 10.9 Å². The van der Waals surface area contributed by atoms with Crippen LogP contribution in [-0.4, -0.2) is 36.9 Å². The Morgan fingerprint density at radius 1 is 1.23 bits per heavy atom. The lowest BCUT2D eigenvalue weighted by Crippen LogP contribution is -2.47. The second kappa shape index (κ2) is 9.86. The van der Waals surface area contributed by atoms with Gasteiger partial charge in [-0.15, -0.1) is 11.8 Å². The van der Waals surface area contributed by atoms with Gasteiger partial charge in [-0.3, -0.25) is 9.59 Å². The highest BCUT2D eigenvalue weighted by atomic mass is 32.2. The van der Waals surface area contributed by atoms with Gasteiger partial charge < -0.3 is 14.8 Å². The molecule has 2 rings (SSSR count). The van der Waals surface area contributed by atoms with Crippen LogP contribution >= 0.6 is 11.8 Å². The first kappa shape index (κ1) is 20.6. The van der Waals surface area contributed by atoms with Crippen LogP contribution in [0.1, 0.15) is 40.0 Å². The van der Waals surface area contributed by atoms with Crippen molar-refractivity contribution >= 4 is 23.6 Å². The summed E-state index contributed by atoms with van der Waals surface area (Å²) in [5, 5.41) is 3.05. The van der Waals surface area contributed by atoms with Crippen LogP contribution in [-0.2, 0) is 14.3 Å². The van der Waals surface area contributed by atoms with Crippen molar-refractivity contribution in [1.29, 1.82) is 0 Å². The number of hydrogen-bond acceptors (Lipinski definition) is 5. The Bertz CT molecular complexity index is 604. The largest absolute Gasteiger partial charge is 0.497 e. The average molecular weight is 380 g/mol. The van der Waals surface area contributed by atoms with E-state index in [4.69, 9.17) is 9.47 Å². The molecule has 5 nitrogen and oxygen atoms in total. The number of hydrogen-bond donors (Lipinski definition) is 1. The Kier molecular flexibility index (Phi) is 7.82. The molecule has 1 amide bonds. The zero-order chi connectivity index (χ0) is 19.1. The summed E-state index contributed by atoms with van der Waals surface area (Å²) < 4.78 is 10.4. The Hall–Kier alpha value is -1.69. The van der Waals surface area contributed by atoms with Crippen molar-refractivity contribution in [3.8, 4) is 5.75 Å². The Balaban J connectivity index is 1.75. The van der Waals surface area contributed by atoms with E-state index in [1.54, 1.807) is 14.0 Å². The average Bonchev–Trinajstić information content (AvgIpc) is 2.64. The molecule has 0 heterocycles. The van der Waals surface area contributed by atoms with E-state index in [0.29, 0.717) is 11.8 Å². The van der Waals surface area contributed by atoms with Crippen LogP contribution in [0.5, 0.6) is 5.75 Å². The topological polar surface area (TPSA) is 64.6 Å². The summed E-state index contributed by atoms with van der Waals surface area (Å²) >= 11 is 1.38. The molecule has 6 heteroatoms. The van der Waals surface area contributed by atoms with Crippen molar-refractivity contribution in [1.82, 2.24) is 5.32 Å². The van der Waals surface area contributed by atoms with Gasteiger partial charge >= 0.3 is 5.97 Å². The highest BCUT2D eigenvalue weighted by Gasteiger charge is 2.30. The fourth-order valence-electron chi connectivity index (χ4n) is 3.18. The summed E-state index contributed by atoms with van der Waals surface area (Å²) in [6, 6.07) is 7.63. The van der Waals surface area contributed by atoms with Crippen molar-refractivity contribution in [2.75, 3.05) is 12.9 Å². The predicted octanol–water partition coefficient (Wildman–Crippen LogP) is 3.66. The SMILES string of the molecule is COc1ccc(SCC(=O)O[C@H](C)C(=O)N[C@H]2CCC[C@@H](C)[C@H]2C)cc1. The van der Waals surface area contributed by atoms with Crippen molar-refractivity contribution < 1.29 is 19.1 Å². The third kappa shape index (κ3) is 5.94. The van der Waals surface area contributed by atoms with Gasteiger partial charge in [0.1, 0.15) is 5.75 Å². The first-order valence-electron chi connectivity index (χ1n) is 9.17. The lowest BCUT2D eigenvalue weighted by Gasteiger charge is -2.35. The normalized spacial score (nSPS) is 23.8. The van der Waals surface area contributed by atoms with Crippen LogP contribution < -0.4 is 10.1 Å². The van der Waals surface area contributed by atoms with Crippen molar-refractivity contribution in [3.05, 3.63) is 24.3 Å². The summed E-state index contributed by atoms with van der Waals surface area (Å²) in [6.07, 6.45) is 2.55. The highest BCUT2D eigenvalue weighted by molar-refractivity contribution is 8.00. The third-order valence-corrected chi connectivity index (χ3v) is 6.11. The van der Waals surface area contributed by atoms with Gasteiger partial charge in [0.15, 0.2) is 6.10 Å². The van der Waals surface area contributed by atoms with E-state index in [-0.39, 0.29) is 17.7 Å². The van der Waals surface area contributed by atoms with Crippen LogP contribution in [0.3, 0.4) is 0 Å². The first-order valence-corrected chi connectivity index (χ1v) is 10.2. The summed E-state index contributed by atoms with van der Waals surface area (Å²) in [5.41, 5.74) is 0. The number of nitrogens with one attached hydrogen (secondary N) is 1. The number of ether oxygens (including phenoxy) is 2. The lowest BCUT2D eigenvalue weighted by atomic mass is 9.78. The fraction of sp³-hybridized carbons (Fsp3) is 0.600. The minimum atomic E-state index is -0.775. The molecular formula is C20H29NO4S.